The maximum Gasteiger partial charge on any atom is 0.282 e. The number of carbonyl (C=O) groups excluding carboxylic acids is 1. The molecule has 21 heavy (non-hydrogen) atoms. The smallest absolute Gasteiger partial charge is 0.282 e. The first kappa shape index (κ1) is 15.2. The Morgan fingerprint density at radius 3 is 2.43 bits per heavy atom. The number of benzene rings is 2. The largest absolute Gasteiger partial charge is 0.337 e. The topological polar surface area (TPSA) is 63.5 Å². The molecule has 1 amide bonds. The molecule has 0 bridgehead atoms. The minimum Gasteiger partial charge on any atom is -0.337 e. The molecule has 0 atom stereocenters. The zero-order chi connectivity index (χ0) is 15.4. The number of nitro benzene ring substituents is 1. The van der Waals surface area contributed by atoms with Crippen LogP contribution in [0.5, 0.6) is 0 Å². The van der Waals surface area contributed by atoms with E-state index in [1.807, 2.05) is 24.3 Å². The van der Waals surface area contributed by atoms with Crippen molar-refractivity contribution >= 4 is 27.5 Å². The number of halogens is 1. The van der Waals surface area contributed by atoms with Gasteiger partial charge in [-0.15, -0.1) is 0 Å². The molecule has 108 valence electrons. The highest BCUT2D eigenvalue weighted by Gasteiger charge is 2.22. The number of amides is 1. The van der Waals surface area contributed by atoms with Gasteiger partial charge in [-0.3, -0.25) is 14.9 Å². The molecule has 0 aliphatic carbocycles. The van der Waals surface area contributed by atoms with E-state index in [9.17, 15) is 14.9 Å². The van der Waals surface area contributed by atoms with Gasteiger partial charge in [-0.05, 0) is 23.8 Å². The van der Waals surface area contributed by atoms with Crippen molar-refractivity contribution in [2.75, 3.05) is 7.05 Å². The Balaban J connectivity index is 2.20. The number of carbonyl (C=O) groups is 1. The fourth-order valence-corrected chi connectivity index (χ4v) is 2.22. The quantitative estimate of drug-likeness (QED) is 0.625. The molecule has 0 fully saturated rings. The summed E-state index contributed by atoms with van der Waals surface area (Å²) < 4.78 is 0.957. The molecule has 0 aliphatic heterocycles. The predicted octanol–water partition coefficient (Wildman–Crippen LogP) is 3.63. The summed E-state index contributed by atoms with van der Waals surface area (Å²) in [5.41, 5.74) is 0.875. The van der Waals surface area contributed by atoms with Gasteiger partial charge in [-0.1, -0.05) is 40.2 Å². The van der Waals surface area contributed by atoms with E-state index in [-0.39, 0.29) is 17.2 Å². The monoisotopic (exact) mass is 348 g/mol. The lowest BCUT2D eigenvalue weighted by atomic mass is 10.1. The number of nitro groups is 1. The van der Waals surface area contributed by atoms with Crippen LogP contribution in [0.15, 0.2) is 53.0 Å². The molecule has 0 unspecified atom stereocenters. The summed E-state index contributed by atoms with van der Waals surface area (Å²) in [5.74, 6) is -0.370. The van der Waals surface area contributed by atoms with Crippen LogP contribution >= 0.6 is 15.9 Å². The molecule has 0 heterocycles. The van der Waals surface area contributed by atoms with E-state index in [1.54, 1.807) is 19.2 Å². The highest BCUT2D eigenvalue weighted by atomic mass is 79.9. The molecule has 0 radical (unpaired) electrons. The van der Waals surface area contributed by atoms with Gasteiger partial charge >= 0.3 is 0 Å². The Kier molecular flexibility index (Phi) is 4.70. The Hall–Kier alpha value is -2.21. The maximum absolute atomic E-state index is 12.4. The van der Waals surface area contributed by atoms with Crippen LogP contribution in [0.1, 0.15) is 15.9 Å². The molecule has 6 heteroatoms. The zero-order valence-electron chi connectivity index (χ0n) is 11.3. The fourth-order valence-electron chi connectivity index (χ4n) is 1.95. The highest BCUT2D eigenvalue weighted by molar-refractivity contribution is 9.10. The van der Waals surface area contributed by atoms with Crippen molar-refractivity contribution in [2.24, 2.45) is 0 Å². The van der Waals surface area contributed by atoms with Gasteiger partial charge in [0.2, 0.25) is 0 Å². The van der Waals surface area contributed by atoms with Crippen molar-refractivity contribution in [1.82, 2.24) is 4.90 Å². The second-order valence-electron chi connectivity index (χ2n) is 4.56. The lowest BCUT2D eigenvalue weighted by Gasteiger charge is -2.17. The third-order valence-electron chi connectivity index (χ3n) is 3.01. The van der Waals surface area contributed by atoms with Crippen LogP contribution in [0.2, 0.25) is 0 Å². The number of hydrogen-bond donors (Lipinski definition) is 0. The van der Waals surface area contributed by atoms with E-state index in [0.717, 1.165) is 10.0 Å². The fraction of sp³-hybridized carbons (Fsp3) is 0.133. The van der Waals surface area contributed by atoms with Crippen LogP contribution in [-0.4, -0.2) is 22.8 Å². The molecule has 5 nitrogen and oxygen atoms in total. The second kappa shape index (κ2) is 6.49. The van der Waals surface area contributed by atoms with Gasteiger partial charge in [0.15, 0.2) is 0 Å². The third-order valence-corrected chi connectivity index (χ3v) is 3.54. The standard InChI is InChI=1S/C15H13BrN2O3/c1-17(10-11-6-8-12(16)9-7-11)15(19)13-4-2-3-5-14(13)18(20)21/h2-9H,10H2,1H3. The van der Waals surface area contributed by atoms with E-state index in [0.29, 0.717) is 6.54 Å². The molecule has 0 N–H and O–H groups in total. The van der Waals surface area contributed by atoms with Gasteiger partial charge in [0, 0.05) is 24.1 Å². The summed E-state index contributed by atoms with van der Waals surface area (Å²) in [5, 5.41) is 11.0. The second-order valence-corrected chi connectivity index (χ2v) is 5.48. The SMILES string of the molecule is CN(Cc1ccc(Br)cc1)C(=O)c1ccccc1[N+](=O)[O-]. The van der Waals surface area contributed by atoms with Gasteiger partial charge in [-0.2, -0.15) is 0 Å². The van der Waals surface area contributed by atoms with Crippen molar-refractivity contribution in [3.05, 3.63) is 74.2 Å². The molecule has 2 aromatic carbocycles. The zero-order valence-corrected chi connectivity index (χ0v) is 12.9. The first-order chi connectivity index (χ1) is 9.99. The van der Waals surface area contributed by atoms with E-state index in [2.05, 4.69) is 15.9 Å². The molecule has 0 spiro atoms. The first-order valence-corrected chi connectivity index (χ1v) is 7.01. The van der Waals surface area contributed by atoms with E-state index < -0.39 is 4.92 Å². The molecule has 0 saturated carbocycles. The summed E-state index contributed by atoms with van der Waals surface area (Å²) in [6, 6.07) is 13.5. The molecule has 0 aliphatic rings. The van der Waals surface area contributed by atoms with E-state index >= 15 is 0 Å². The minimum absolute atomic E-state index is 0.0992. The summed E-state index contributed by atoms with van der Waals surface area (Å²) >= 11 is 3.35. The average molecular weight is 349 g/mol. The van der Waals surface area contributed by atoms with Crippen LogP contribution in [0, 0.1) is 10.1 Å². The first-order valence-electron chi connectivity index (χ1n) is 6.22. The normalized spacial score (nSPS) is 10.2. The Morgan fingerprint density at radius 2 is 1.81 bits per heavy atom. The van der Waals surface area contributed by atoms with Crippen LogP contribution in [0.3, 0.4) is 0 Å². The molecular weight excluding hydrogens is 336 g/mol. The van der Waals surface area contributed by atoms with Crippen LogP contribution in [-0.2, 0) is 6.54 Å². The summed E-state index contributed by atoms with van der Waals surface area (Å²) in [6.07, 6.45) is 0. The molecule has 0 saturated heterocycles. The number of hydrogen-bond acceptors (Lipinski definition) is 3. The van der Waals surface area contributed by atoms with Crippen molar-refractivity contribution in [3.8, 4) is 0 Å². The number of rotatable bonds is 4. The Morgan fingerprint density at radius 1 is 1.19 bits per heavy atom. The Bertz CT molecular complexity index is 671. The Labute approximate surface area is 130 Å². The maximum atomic E-state index is 12.4. The summed E-state index contributed by atoms with van der Waals surface area (Å²) in [6.45, 7) is 0.387. The van der Waals surface area contributed by atoms with Crippen molar-refractivity contribution in [2.45, 2.75) is 6.54 Å². The van der Waals surface area contributed by atoms with Crippen molar-refractivity contribution < 1.29 is 9.72 Å². The van der Waals surface area contributed by atoms with Gasteiger partial charge in [0.1, 0.15) is 5.56 Å². The van der Waals surface area contributed by atoms with Gasteiger partial charge in [0.05, 0.1) is 4.92 Å². The predicted molar refractivity (Wildman–Crippen MR) is 83.0 cm³/mol. The molecular formula is C15H13BrN2O3. The summed E-state index contributed by atoms with van der Waals surface area (Å²) in [7, 11) is 1.63. The molecule has 0 aromatic heterocycles. The van der Waals surface area contributed by atoms with Gasteiger partial charge in [0.25, 0.3) is 11.6 Å². The lowest BCUT2D eigenvalue weighted by Crippen LogP contribution is -2.26. The van der Waals surface area contributed by atoms with Crippen molar-refractivity contribution in [3.63, 3.8) is 0 Å². The van der Waals surface area contributed by atoms with Gasteiger partial charge in [-0.25, -0.2) is 0 Å². The van der Waals surface area contributed by atoms with Gasteiger partial charge < -0.3 is 4.90 Å². The van der Waals surface area contributed by atoms with Crippen LogP contribution < -0.4 is 0 Å². The van der Waals surface area contributed by atoms with Crippen molar-refractivity contribution in [1.29, 1.82) is 0 Å². The lowest BCUT2D eigenvalue weighted by molar-refractivity contribution is -0.385. The number of nitrogens with zero attached hydrogens (tertiary/aromatic N) is 2. The minimum atomic E-state index is -0.541. The van der Waals surface area contributed by atoms with Crippen LogP contribution in [0.4, 0.5) is 5.69 Å². The third kappa shape index (κ3) is 3.66. The van der Waals surface area contributed by atoms with Crippen LogP contribution in [0.25, 0.3) is 0 Å². The summed E-state index contributed by atoms with van der Waals surface area (Å²) in [4.78, 5) is 24.3. The highest BCUT2D eigenvalue weighted by Crippen LogP contribution is 2.20. The molecule has 2 aromatic rings. The van der Waals surface area contributed by atoms with E-state index in [1.165, 1.54) is 17.0 Å². The number of para-hydroxylation sites is 1. The molecule has 2 rings (SSSR count). The average Bonchev–Trinajstić information content (AvgIpc) is 2.48. The van der Waals surface area contributed by atoms with E-state index in [4.69, 9.17) is 0 Å².